The van der Waals surface area contributed by atoms with Gasteiger partial charge in [0.05, 0.1) is 20.8 Å². The van der Waals surface area contributed by atoms with Crippen molar-refractivity contribution in [3.8, 4) is 11.5 Å². The molecule has 1 amide bonds. The van der Waals surface area contributed by atoms with Gasteiger partial charge in [-0.05, 0) is 31.2 Å². The summed E-state index contributed by atoms with van der Waals surface area (Å²) in [6, 6.07) is 6.49. The standard InChI is InChI=1S/C16H17NO5S/c1-9-12(21-2)6-10(7-13(9)22-3)15(18)17-8-11-4-5-14(23-11)16(19)20/h4-7H,8H2,1-3H3,(H,17,18)(H,19,20). The number of nitrogens with one attached hydrogen (secondary N) is 1. The van der Waals surface area contributed by atoms with Crippen LogP contribution in [0.2, 0.25) is 0 Å². The molecule has 0 saturated heterocycles. The second kappa shape index (κ2) is 7.15. The summed E-state index contributed by atoms with van der Waals surface area (Å²) >= 11 is 1.13. The summed E-state index contributed by atoms with van der Waals surface area (Å²) in [7, 11) is 3.06. The van der Waals surface area contributed by atoms with E-state index in [1.807, 2.05) is 6.92 Å². The zero-order valence-electron chi connectivity index (χ0n) is 13.0. The molecule has 23 heavy (non-hydrogen) atoms. The van der Waals surface area contributed by atoms with Gasteiger partial charge in [0.25, 0.3) is 5.91 Å². The normalized spacial score (nSPS) is 10.2. The third-order valence-corrected chi connectivity index (χ3v) is 4.38. The van der Waals surface area contributed by atoms with Gasteiger partial charge in [0.15, 0.2) is 0 Å². The number of rotatable bonds is 6. The lowest BCUT2D eigenvalue weighted by molar-refractivity contribution is 0.0702. The number of aromatic carboxylic acids is 1. The summed E-state index contributed by atoms with van der Waals surface area (Å²) in [6.07, 6.45) is 0. The molecule has 0 aliphatic heterocycles. The predicted molar refractivity (Wildman–Crippen MR) is 86.7 cm³/mol. The highest BCUT2D eigenvalue weighted by molar-refractivity contribution is 7.13. The van der Waals surface area contributed by atoms with Crippen molar-refractivity contribution in [1.82, 2.24) is 5.32 Å². The molecule has 0 aliphatic rings. The summed E-state index contributed by atoms with van der Waals surface area (Å²) in [5.74, 6) is -0.120. The molecule has 1 aromatic heterocycles. The van der Waals surface area contributed by atoms with Gasteiger partial charge < -0.3 is 19.9 Å². The molecular weight excluding hydrogens is 318 g/mol. The van der Waals surface area contributed by atoms with E-state index in [1.165, 1.54) is 20.3 Å². The van der Waals surface area contributed by atoms with E-state index in [0.29, 0.717) is 17.1 Å². The number of ether oxygens (including phenoxy) is 2. The average molecular weight is 335 g/mol. The molecule has 0 saturated carbocycles. The molecule has 6 nitrogen and oxygen atoms in total. The number of hydrogen-bond acceptors (Lipinski definition) is 5. The van der Waals surface area contributed by atoms with Gasteiger partial charge in [0.1, 0.15) is 16.4 Å². The second-order valence-corrected chi connectivity index (χ2v) is 5.93. The Morgan fingerprint density at radius 1 is 1.17 bits per heavy atom. The number of thiophene rings is 1. The topological polar surface area (TPSA) is 84.9 Å². The van der Waals surface area contributed by atoms with Crippen molar-refractivity contribution in [2.24, 2.45) is 0 Å². The quantitative estimate of drug-likeness (QED) is 0.848. The fourth-order valence-electron chi connectivity index (χ4n) is 2.07. The molecule has 2 N–H and O–H groups in total. The number of carboxylic acids is 1. The predicted octanol–water partition coefficient (Wildman–Crippen LogP) is 2.70. The fourth-order valence-corrected chi connectivity index (χ4v) is 2.86. The van der Waals surface area contributed by atoms with Gasteiger partial charge in [0, 0.05) is 16.0 Å². The molecule has 0 bridgehead atoms. The van der Waals surface area contributed by atoms with Gasteiger partial charge in [-0.15, -0.1) is 11.3 Å². The van der Waals surface area contributed by atoms with Crippen LogP contribution < -0.4 is 14.8 Å². The highest BCUT2D eigenvalue weighted by atomic mass is 32.1. The van der Waals surface area contributed by atoms with E-state index in [1.54, 1.807) is 18.2 Å². The van der Waals surface area contributed by atoms with Crippen LogP contribution in [0.4, 0.5) is 0 Å². The Morgan fingerprint density at radius 2 is 1.78 bits per heavy atom. The first-order chi connectivity index (χ1) is 11.0. The molecule has 2 rings (SSSR count). The van der Waals surface area contributed by atoms with Gasteiger partial charge in [-0.25, -0.2) is 4.79 Å². The second-order valence-electron chi connectivity index (χ2n) is 4.76. The van der Waals surface area contributed by atoms with Crippen LogP contribution in [0.1, 0.15) is 30.5 Å². The van der Waals surface area contributed by atoms with Crippen LogP contribution >= 0.6 is 11.3 Å². The van der Waals surface area contributed by atoms with Gasteiger partial charge in [-0.1, -0.05) is 0 Å². The number of carboxylic acid groups (broad SMARTS) is 1. The maximum absolute atomic E-state index is 12.3. The van der Waals surface area contributed by atoms with E-state index in [-0.39, 0.29) is 17.3 Å². The number of carbonyl (C=O) groups excluding carboxylic acids is 1. The number of hydrogen-bond donors (Lipinski definition) is 2. The molecular formula is C16H17NO5S. The molecule has 0 unspecified atom stereocenters. The Balaban J connectivity index is 2.12. The van der Waals surface area contributed by atoms with E-state index in [4.69, 9.17) is 14.6 Å². The van der Waals surface area contributed by atoms with Crippen LogP contribution in [0.3, 0.4) is 0 Å². The van der Waals surface area contributed by atoms with E-state index < -0.39 is 5.97 Å². The van der Waals surface area contributed by atoms with Gasteiger partial charge in [-0.3, -0.25) is 4.79 Å². The van der Waals surface area contributed by atoms with Crippen molar-refractivity contribution in [3.63, 3.8) is 0 Å². The zero-order chi connectivity index (χ0) is 17.0. The first-order valence-electron chi connectivity index (χ1n) is 6.79. The van der Waals surface area contributed by atoms with Gasteiger partial charge >= 0.3 is 5.97 Å². The van der Waals surface area contributed by atoms with Crippen LogP contribution in [0, 0.1) is 6.92 Å². The van der Waals surface area contributed by atoms with E-state index >= 15 is 0 Å². The highest BCUT2D eigenvalue weighted by Gasteiger charge is 2.14. The molecule has 0 spiro atoms. The molecule has 0 aliphatic carbocycles. The maximum atomic E-state index is 12.3. The Labute approximate surface area is 137 Å². The highest BCUT2D eigenvalue weighted by Crippen LogP contribution is 2.29. The number of methoxy groups -OCH3 is 2. The van der Waals surface area contributed by atoms with Crippen molar-refractivity contribution in [2.75, 3.05) is 14.2 Å². The Kier molecular flexibility index (Phi) is 5.23. The Hall–Kier alpha value is -2.54. The molecule has 122 valence electrons. The van der Waals surface area contributed by atoms with Crippen LogP contribution in [-0.2, 0) is 6.54 Å². The summed E-state index contributed by atoms with van der Waals surface area (Å²) in [5, 5.41) is 11.6. The molecule has 1 heterocycles. The first kappa shape index (κ1) is 16.8. The lowest BCUT2D eigenvalue weighted by Crippen LogP contribution is -2.22. The summed E-state index contributed by atoms with van der Waals surface area (Å²) < 4.78 is 10.5. The SMILES string of the molecule is COc1cc(C(=O)NCc2ccc(C(=O)O)s2)cc(OC)c1C. The third-order valence-electron chi connectivity index (χ3n) is 3.31. The first-order valence-corrected chi connectivity index (χ1v) is 7.60. The Bertz CT molecular complexity index is 713. The van der Waals surface area contributed by atoms with E-state index in [9.17, 15) is 9.59 Å². The third kappa shape index (κ3) is 3.81. The Morgan fingerprint density at radius 3 is 2.26 bits per heavy atom. The minimum absolute atomic E-state index is 0.243. The lowest BCUT2D eigenvalue weighted by atomic mass is 10.1. The minimum Gasteiger partial charge on any atom is -0.496 e. The van der Waals surface area contributed by atoms with Crippen molar-refractivity contribution < 1.29 is 24.2 Å². The van der Waals surface area contributed by atoms with Crippen LogP contribution in [0.5, 0.6) is 11.5 Å². The molecule has 7 heteroatoms. The average Bonchev–Trinajstić information content (AvgIpc) is 3.02. The monoisotopic (exact) mass is 335 g/mol. The largest absolute Gasteiger partial charge is 0.496 e. The number of amides is 1. The fraction of sp³-hybridized carbons (Fsp3) is 0.250. The van der Waals surface area contributed by atoms with Crippen LogP contribution in [0.25, 0.3) is 0 Å². The molecule has 0 atom stereocenters. The van der Waals surface area contributed by atoms with E-state index in [2.05, 4.69) is 5.32 Å². The summed E-state index contributed by atoms with van der Waals surface area (Å²) in [5.41, 5.74) is 1.23. The summed E-state index contributed by atoms with van der Waals surface area (Å²) in [4.78, 5) is 24.1. The van der Waals surface area contributed by atoms with Gasteiger partial charge in [-0.2, -0.15) is 0 Å². The van der Waals surface area contributed by atoms with Gasteiger partial charge in [0.2, 0.25) is 0 Å². The van der Waals surface area contributed by atoms with Crippen molar-refractivity contribution in [2.45, 2.75) is 13.5 Å². The lowest BCUT2D eigenvalue weighted by Gasteiger charge is -2.12. The molecule has 0 fully saturated rings. The minimum atomic E-state index is -0.972. The van der Waals surface area contributed by atoms with Crippen LogP contribution in [0.15, 0.2) is 24.3 Å². The maximum Gasteiger partial charge on any atom is 0.345 e. The van der Waals surface area contributed by atoms with Crippen molar-refractivity contribution in [1.29, 1.82) is 0 Å². The molecule has 1 aromatic carbocycles. The number of carbonyl (C=O) groups is 2. The molecule has 0 radical (unpaired) electrons. The van der Waals surface area contributed by atoms with E-state index in [0.717, 1.165) is 21.8 Å². The smallest absolute Gasteiger partial charge is 0.345 e. The summed E-state index contributed by atoms with van der Waals surface area (Å²) in [6.45, 7) is 2.10. The number of benzene rings is 1. The molecule has 2 aromatic rings. The van der Waals surface area contributed by atoms with Crippen molar-refractivity contribution >= 4 is 23.2 Å². The van der Waals surface area contributed by atoms with Crippen molar-refractivity contribution in [3.05, 3.63) is 45.1 Å². The zero-order valence-corrected chi connectivity index (χ0v) is 13.8. The van der Waals surface area contributed by atoms with Crippen LogP contribution in [-0.4, -0.2) is 31.2 Å².